The maximum Gasteiger partial charge on any atom is 0.315 e. The van der Waals surface area contributed by atoms with E-state index in [0.717, 1.165) is 17.9 Å². The number of hydrogen-bond acceptors (Lipinski definition) is 4. The number of thioether (sulfide) groups is 1. The molecule has 1 aromatic heterocycles. The molecule has 0 saturated carbocycles. The third-order valence-electron chi connectivity index (χ3n) is 4.05. The monoisotopic (exact) mass is 348 g/mol. The Labute approximate surface area is 147 Å². The van der Waals surface area contributed by atoms with Crippen LogP contribution in [0.1, 0.15) is 23.2 Å². The fourth-order valence-electron chi connectivity index (χ4n) is 2.69. The summed E-state index contributed by atoms with van der Waals surface area (Å²) in [5.41, 5.74) is 0.672. The van der Waals surface area contributed by atoms with Crippen molar-refractivity contribution in [1.29, 1.82) is 0 Å². The van der Waals surface area contributed by atoms with E-state index in [0.29, 0.717) is 37.7 Å². The highest BCUT2D eigenvalue weighted by Crippen LogP contribution is 2.22. The molecule has 2 heterocycles. The molecule has 130 valence electrons. The molecule has 1 aliphatic rings. The van der Waals surface area contributed by atoms with Crippen molar-refractivity contribution >= 4 is 23.7 Å². The lowest BCUT2D eigenvalue weighted by Gasteiger charge is -2.32. The van der Waals surface area contributed by atoms with Gasteiger partial charge in [-0.15, -0.1) is 18.3 Å². The van der Waals surface area contributed by atoms with Crippen molar-refractivity contribution in [2.24, 2.45) is 5.92 Å². The second-order valence-corrected chi connectivity index (χ2v) is 6.47. The average molecular weight is 348 g/mol. The summed E-state index contributed by atoms with van der Waals surface area (Å²) in [4.78, 5) is 30.3. The Hall–Kier alpha value is -2.02. The molecule has 0 spiro atoms. The van der Waals surface area contributed by atoms with E-state index in [1.807, 2.05) is 17.2 Å². The van der Waals surface area contributed by atoms with E-state index in [1.54, 1.807) is 18.3 Å². The summed E-state index contributed by atoms with van der Waals surface area (Å²) in [6.45, 7) is 6.07. The fraction of sp³-hybridized carbons (Fsp3) is 0.471. The Morgan fingerprint density at radius 1 is 1.42 bits per heavy atom. The Morgan fingerprint density at radius 3 is 2.83 bits per heavy atom. The van der Waals surface area contributed by atoms with Gasteiger partial charge in [-0.05, 0) is 37.1 Å². The van der Waals surface area contributed by atoms with Crippen LogP contribution in [-0.2, 0) is 0 Å². The minimum atomic E-state index is -0.173. The lowest BCUT2D eigenvalue weighted by molar-refractivity contribution is 0.0686. The number of urea groups is 1. The minimum Gasteiger partial charge on any atom is -0.339 e. The standard InChI is InChI=1S/C17H24N4O2S/c1-3-8-19-17(23)20-12-13-6-10-21(11-7-13)16(22)14-5-4-9-18-15(14)24-2/h3-5,9,13H,1,6-8,10-12H2,2H3,(H2,19,20,23). The molecule has 0 aromatic carbocycles. The van der Waals surface area contributed by atoms with Gasteiger partial charge in [-0.3, -0.25) is 4.79 Å². The Kier molecular flexibility index (Phi) is 7.11. The van der Waals surface area contributed by atoms with Gasteiger partial charge in [0, 0.05) is 32.4 Å². The molecule has 0 radical (unpaired) electrons. The highest BCUT2D eigenvalue weighted by atomic mass is 32.2. The molecule has 1 aromatic rings. The van der Waals surface area contributed by atoms with Crippen LogP contribution in [0.3, 0.4) is 0 Å². The molecule has 0 unspecified atom stereocenters. The first-order valence-corrected chi connectivity index (χ1v) is 9.29. The largest absolute Gasteiger partial charge is 0.339 e. The molecule has 0 bridgehead atoms. The first-order valence-electron chi connectivity index (χ1n) is 8.06. The molecular formula is C17H24N4O2S. The van der Waals surface area contributed by atoms with Crippen molar-refractivity contribution in [2.45, 2.75) is 17.9 Å². The van der Waals surface area contributed by atoms with Crippen LogP contribution in [-0.4, -0.2) is 54.3 Å². The zero-order valence-corrected chi connectivity index (χ0v) is 14.8. The van der Waals surface area contributed by atoms with Crippen molar-refractivity contribution in [3.8, 4) is 0 Å². The first kappa shape index (κ1) is 18.3. The molecule has 0 atom stereocenters. The van der Waals surface area contributed by atoms with E-state index in [2.05, 4.69) is 22.2 Å². The van der Waals surface area contributed by atoms with Gasteiger partial charge in [0.05, 0.1) is 5.56 Å². The van der Waals surface area contributed by atoms with Crippen LogP contribution in [0.15, 0.2) is 36.0 Å². The average Bonchev–Trinajstić information content (AvgIpc) is 2.64. The summed E-state index contributed by atoms with van der Waals surface area (Å²) in [7, 11) is 0. The van der Waals surface area contributed by atoms with Gasteiger partial charge in [0.1, 0.15) is 5.03 Å². The van der Waals surface area contributed by atoms with Crippen LogP contribution < -0.4 is 10.6 Å². The van der Waals surface area contributed by atoms with Crippen molar-refractivity contribution in [2.75, 3.05) is 32.4 Å². The number of piperidine rings is 1. The molecule has 7 heteroatoms. The van der Waals surface area contributed by atoms with Gasteiger partial charge < -0.3 is 15.5 Å². The Balaban J connectivity index is 1.81. The normalized spacial score (nSPS) is 15.0. The number of rotatable bonds is 6. The van der Waals surface area contributed by atoms with Crippen LogP contribution in [0, 0.1) is 5.92 Å². The zero-order valence-electron chi connectivity index (χ0n) is 14.0. The quantitative estimate of drug-likeness (QED) is 0.610. The van der Waals surface area contributed by atoms with Crippen molar-refractivity contribution < 1.29 is 9.59 Å². The highest BCUT2D eigenvalue weighted by molar-refractivity contribution is 7.98. The maximum atomic E-state index is 12.7. The molecule has 3 amide bonds. The molecule has 2 N–H and O–H groups in total. The number of nitrogens with one attached hydrogen (secondary N) is 2. The maximum absolute atomic E-state index is 12.7. The molecule has 1 fully saturated rings. The molecule has 1 aliphatic heterocycles. The number of nitrogens with zero attached hydrogens (tertiary/aromatic N) is 2. The number of hydrogen-bond donors (Lipinski definition) is 2. The number of carbonyl (C=O) groups excluding carboxylic acids is 2. The van der Waals surface area contributed by atoms with Gasteiger partial charge in [-0.25, -0.2) is 9.78 Å². The van der Waals surface area contributed by atoms with Crippen molar-refractivity contribution in [3.05, 3.63) is 36.5 Å². The Morgan fingerprint density at radius 2 is 2.17 bits per heavy atom. The predicted molar refractivity (Wildman–Crippen MR) is 96.2 cm³/mol. The van der Waals surface area contributed by atoms with E-state index >= 15 is 0 Å². The number of pyridine rings is 1. The number of amides is 3. The minimum absolute atomic E-state index is 0.0441. The van der Waals surface area contributed by atoms with Crippen LogP contribution in [0.5, 0.6) is 0 Å². The Bertz CT molecular complexity index is 586. The molecule has 24 heavy (non-hydrogen) atoms. The van der Waals surface area contributed by atoms with Crippen molar-refractivity contribution in [1.82, 2.24) is 20.5 Å². The van der Waals surface area contributed by atoms with Crippen LogP contribution in [0.2, 0.25) is 0 Å². The molecule has 0 aliphatic carbocycles. The summed E-state index contributed by atoms with van der Waals surface area (Å²) in [5, 5.41) is 6.33. The summed E-state index contributed by atoms with van der Waals surface area (Å²) in [5.74, 6) is 0.444. The SMILES string of the molecule is C=CCNC(=O)NCC1CCN(C(=O)c2cccnc2SC)CC1. The van der Waals surface area contributed by atoms with E-state index in [1.165, 1.54) is 11.8 Å². The third kappa shape index (κ3) is 4.99. The summed E-state index contributed by atoms with van der Waals surface area (Å²) >= 11 is 1.49. The van der Waals surface area contributed by atoms with Crippen molar-refractivity contribution in [3.63, 3.8) is 0 Å². The van der Waals surface area contributed by atoms with Crippen LogP contribution in [0.25, 0.3) is 0 Å². The third-order valence-corrected chi connectivity index (χ3v) is 4.77. The van der Waals surface area contributed by atoms with E-state index in [4.69, 9.17) is 0 Å². The number of carbonyl (C=O) groups is 2. The van der Waals surface area contributed by atoms with Gasteiger partial charge in [0.15, 0.2) is 0 Å². The summed E-state index contributed by atoms with van der Waals surface area (Å²) in [6.07, 6.45) is 7.06. The molecule has 6 nitrogen and oxygen atoms in total. The zero-order chi connectivity index (χ0) is 17.4. The first-order chi connectivity index (χ1) is 11.7. The molecular weight excluding hydrogens is 324 g/mol. The smallest absolute Gasteiger partial charge is 0.315 e. The van der Waals surface area contributed by atoms with E-state index < -0.39 is 0 Å². The summed E-state index contributed by atoms with van der Waals surface area (Å²) in [6, 6.07) is 3.46. The summed E-state index contributed by atoms with van der Waals surface area (Å²) < 4.78 is 0. The number of likely N-dealkylation sites (tertiary alicyclic amines) is 1. The molecule has 2 rings (SSSR count). The van der Waals surface area contributed by atoms with Gasteiger partial charge in [-0.2, -0.15) is 0 Å². The topological polar surface area (TPSA) is 74.3 Å². The van der Waals surface area contributed by atoms with Gasteiger partial charge in [0.2, 0.25) is 0 Å². The lowest BCUT2D eigenvalue weighted by atomic mass is 9.96. The van der Waals surface area contributed by atoms with E-state index in [-0.39, 0.29) is 11.9 Å². The van der Waals surface area contributed by atoms with Crippen LogP contribution >= 0.6 is 11.8 Å². The lowest BCUT2D eigenvalue weighted by Crippen LogP contribution is -2.43. The van der Waals surface area contributed by atoms with E-state index in [9.17, 15) is 9.59 Å². The van der Waals surface area contributed by atoms with Gasteiger partial charge in [0.25, 0.3) is 5.91 Å². The fourth-order valence-corrected chi connectivity index (χ4v) is 3.23. The second-order valence-electron chi connectivity index (χ2n) is 5.68. The van der Waals surface area contributed by atoms with Gasteiger partial charge >= 0.3 is 6.03 Å². The van der Waals surface area contributed by atoms with Crippen LogP contribution in [0.4, 0.5) is 4.79 Å². The predicted octanol–water partition coefficient (Wildman–Crippen LogP) is 2.14. The number of aromatic nitrogens is 1. The molecule has 1 saturated heterocycles. The highest BCUT2D eigenvalue weighted by Gasteiger charge is 2.25. The van der Waals surface area contributed by atoms with Gasteiger partial charge in [-0.1, -0.05) is 6.08 Å². The second kappa shape index (κ2) is 9.32.